The van der Waals surface area contributed by atoms with Gasteiger partial charge in [0, 0.05) is 11.3 Å². The Morgan fingerprint density at radius 2 is 1.89 bits per heavy atom. The second kappa shape index (κ2) is 11.0. The van der Waals surface area contributed by atoms with E-state index in [4.69, 9.17) is 14.3 Å². The molecular weight excluding hydrogens is 356 g/mol. The predicted molar refractivity (Wildman–Crippen MR) is 111 cm³/mol. The van der Waals surface area contributed by atoms with Gasteiger partial charge in [0.1, 0.15) is 0 Å². The van der Waals surface area contributed by atoms with Gasteiger partial charge < -0.3 is 19.6 Å². The average molecular weight is 384 g/mol. The van der Waals surface area contributed by atoms with E-state index < -0.39 is 0 Å². The van der Waals surface area contributed by atoms with Crippen LogP contribution in [0.15, 0.2) is 41.6 Å². The van der Waals surface area contributed by atoms with Gasteiger partial charge >= 0.3 is 0 Å². The van der Waals surface area contributed by atoms with Crippen LogP contribution in [0.3, 0.4) is 0 Å². The molecule has 1 amide bonds. The Balaban J connectivity index is 1.90. The van der Waals surface area contributed by atoms with Crippen LogP contribution in [0.5, 0.6) is 11.5 Å². The maximum absolute atomic E-state index is 12.0. The summed E-state index contributed by atoms with van der Waals surface area (Å²) in [5, 5.41) is 6.70. The zero-order chi connectivity index (χ0) is 20.4. The maximum atomic E-state index is 12.0. The third-order valence-corrected chi connectivity index (χ3v) is 3.87. The van der Waals surface area contributed by atoms with Crippen molar-refractivity contribution in [2.75, 3.05) is 25.1 Å². The lowest BCUT2D eigenvalue weighted by atomic mass is 10.1. The van der Waals surface area contributed by atoms with Crippen LogP contribution in [0, 0.1) is 13.8 Å². The molecule has 1 N–H and O–H groups in total. The second-order valence-electron chi connectivity index (χ2n) is 6.36. The molecule has 28 heavy (non-hydrogen) atoms. The number of hydrogen-bond acceptors (Lipinski definition) is 5. The fraction of sp³-hybridized carbons (Fsp3) is 0.364. The molecular formula is C22H28N2O4. The molecule has 0 saturated heterocycles. The van der Waals surface area contributed by atoms with E-state index in [0.29, 0.717) is 24.7 Å². The van der Waals surface area contributed by atoms with Crippen molar-refractivity contribution in [3.63, 3.8) is 0 Å². The van der Waals surface area contributed by atoms with E-state index in [1.54, 1.807) is 0 Å². The van der Waals surface area contributed by atoms with E-state index in [-0.39, 0.29) is 12.5 Å². The standard InChI is InChI=1S/C22H28N2O4/c1-5-11-27-20-10-9-18(13-21(20)26-6-2)14-23-28-15-22(25)24-19-12-16(3)7-8-17(19)4/h7-10,12-14H,5-6,11,15H2,1-4H3,(H,24,25). The number of aryl methyl sites for hydroxylation is 2. The molecule has 2 aromatic carbocycles. The fourth-order valence-electron chi connectivity index (χ4n) is 2.46. The predicted octanol–water partition coefficient (Wildman–Crippen LogP) is 4.48. The Bertz CT molecular complexity index is 818. The molecule has 0 unspecified atom stereocenters. The smallest absolute Gasteiger partial charge is 0.265 e. The third kappa shape index (κ3) is 6.61. The molecule has 2 rings (SSSR count). The molecule has 6 nitrogen and oxygen atoms in total. The number of hydrogen-bond donors (Lipinski definition) is 1. The summed E-state index contributed by atoms with van der Waals surface area (Å²) in [5.74, 6) is 1.10. The van der Waals surface area contributed by atoms with Gasteiger partial charge in [-0.3, -0.25) is 4.79 Å². The first kappa shape index (κ1) is 21.3. The largest absolute Gasteiger partial charge is 0.490 e. The van der Waals surface area contributed by atoms with Crippen LogP contribution in [0.1, 0.15) is 37.0 Å². The summed E-state index contributed by atoms with van der Waals surface area (Å²) >= 11 is 0. The molecule has 0 aromatic heterocycles. The molecule has 2 aromatic rings. The van der Waals surface area contributed by atoms with Gasteiger partial charge in [0.2, 0.25) is 0 Å². The lowest BCUT2D eigenvalue weighted by Gasteiger charge is -2.11. The number of ether oxygens (including phenoxy) is 2. The summed E-state index contributed by atoms with van der Waals surface area (Å²) < 4.78 is 11.3. The quantitative estimate of drug-likeness (QED) is 0.484. The lowest BCUT2D eigenvalue weighted by Crippen LogP contribution is -2.17. The Morgan fingerprint density at radius 1 is 1.07 bits per heavy atom. The Kier molecular flexibility index (Phi) is 8.34. The minimum Gasteiger partial charge on any atom is -0.490 e. The zero-order valence-corrected chi connectivity index (χ0v) is 17.0. The third-order valence-electron chi connectivity index (χ3n) is 3.87. The van der Waals surface area contributed by atoms with Crippen LogP contribution < -0.4 is 14.8 Å². The van der Waals surface area contributed by atoms with Crippen molar-refractivity contribution in [3.05, 3.63) is 53.1 Å². The van der Waals surface area contributed by atoms with Crippen molar-refractivity contribution < 1.29 is 19.1 Å². The first-order valence-corrected chi connectivity index (χ1v) is 9.45. The highest BCUT2D eigenvalue weighted by atomic mass is 16.6. The van der Waals surface area contributed by atoms with Gasteiger partial charge in [-0.15, -0.1) is 0 Å². The summed E-state index contributed by atoms with van der Waals surface area (Å²) in [6.45, 7) is 8.89. The van der Waals surface area contributed by atoms with Crippen LogP contribution in [-0.4, -0.2) is 31.9 Å². The molecule has 0 radical (unpaired) electrons. The van der Waals surface area contributed by atoms with Crippen molar-refractivity contribution in [3.8, 4) is 11.5 Å². The number of anilines is 1. The highest BCUT2D eigenvalue weighted by molar-refractivity contribution is 5.92. The summed E-state index contributed by atoms with van der Waals surface area (Å²) in [5.41, 5.74) is 3.65. The molecule has 0 atom stereocenters. The maximum Gasteiger partial charge on any atom is 0.265 e. The van der Waals surface area contributed by atoms with Crippen LogP contribution in [-0.2, 0) is 9.63 Å². The van der Waals surface area contributed by atoms with Gasteiger partial charge in [-0.05, 0) is 62.6 Å². The number of amides is 1. The van der Waals surface area contributed by atoms with E-state index in [1.165, 1.54) is 6.21 Å². The first-order valence-electron chi connectivity index (χ1n) is 9.45. The number of carbonyl (C=O) groups is 1. The number of nitrogens with zero attached hydrogens (tertiary/aromatic N) is 1. The van der Waals surface area contributed by atoms with E-state index in [1.807, 2.05) is 57.2 Å². The number of oxime groups is 1. The van der Waals surface area contributed by atoms with E-state index in [0.717, 1.165) is 28.8 Å². The summed E-state index contributed by atoms with van der Waals surface area (Å²) in [4.78, 5) is 17.1. The molecule has 0 saturated carbocycles. The van der Waals surface area contributed by atoms with Crippen LogP contribution >= 0.6 is 0 Å². The van der Waals surface area contributed by atoms with Crippen molar-refractivity contribution >= 4 is 17.8 Å². The number of rotatable bonds is 10. The van der Waals surface area contributed by atoms with Gasteiger partial charge in [0.15, 0.2) is 18.1 Å². The molecule has 0 aliphatic heterocycles. The minimum atomic E-state index is -0.260. The molecule has 0 spiro atoms. The van der Waals surface area contributed by atoms with E-state index >= 15 is 0 Å². The molecule has 6 heteroatoms. The van der Waals surface area contributed by atoms with Crippen molar-refractivity contribution in [2.24, 2.45) is 5.16 Å². The molecule has 0 heterocycles. The summed E-state index contributed by atoms with van der Waals surface area (Å²) in [6, 6.07) is 11.4. The molecule has 0 aliphatic carbocycles. The molecule has 150 valence electrons. The average Bonchev–Trinajstić information content (AvgIpc) is 2.67. The summed E-state index contributed by atoms with van der Waals surface area (Å²) in [6.07, 6.45) is 2.46. The molecule has 0 bridgehead atoms. The normalized spacial score (nSPS) is 10.7. The SMILES string of the molecule is CCCOc1ccc(C=NOCC(=O)Nc2cc(C)ccc2C)cc1OCC. The lowest BCUT2D eigenvalue weighted by molar-refractivity contribution is -0.120. The Hall–Kier alpha value is -3.02. The van der Waals surface area contributed by atoms with Gasteiger partial charge in [-0.2, -0.15) is 0 Å². The van der Waals surface area contributed by atoms with E-state index in [9.17, 15) is 4.79 Å². The number of benzene rings is 2. The zero-order valence-electron chi connectivity index (χ0n) is 17.0. The molecule has 0 fully saturated rings. The fourth-order valence-corrected chi connectivity index (χ4v) is 2.46. The van der Waals surface area contributed by atoms with Gasteiger partial charge in [0.25, 0.3) is 5.91 Å². The topological polar surface area (TPSA) is 69.2 Å². The van der Waals surface area contributed by atoms with Gasteiger partial charge in [-0.1, -0.05) is 24.2 Å². The van der Waals surface area contributed by atoms with Crippen molar-refractivity contribution in [1.29, 1.82) is 0 Å². The minimum absolute atomic E-state index is 0.167. The Labute approximate surface area is 166 Å². The van der Waals surface area contributed by atoms with E-state index in [2.05, 4.69) is 17.4 Å². The number of carbonyl (C=O) groups excluding carboxylic acids is 1. The van der Waals surface area contributed by atoms with Gasteiger partial charge in [0.05, 0.1) is 19.4 Å². The van der Waals surface area contributed by atoms with Gasteiger partial charge in [-0.25, -0.2) is 0 Å². The van der Waals surface area contributed by atoms with Crippen molar-refractivity contribution in [1.82, 2.24) is 0 Å². The Morgan fingerprint density at radius 3 is 2.64 bits per heavy atom. The van der Waals surface area contributed by atoms with Crippen molar-refractivity contribution in [2.45, 2.75) is 34.1 Å². The highest BCUT2D eigenvalue weighted by Gasteiger charge is 2.07. The van der Waals surface area contributed by atoms with Crippen LogP contribution in [0.25, 0.3) is 0 Å². The second-order valence-corrected chi connectivity index (χ2v) is 6.36. The van der Waals surface area contributed by atoms with Crippen LogP contribution in [0.2, 0.25) is 0 Å². The van der Waals surface area contributed by atoms with Crippen LogP contribution in [0.4, 0.5) is 5.69 Å². The number of nitrogens with one attached hydrogen (secondary N) is 1. The summed E-state index contributed by atoms with van der Waals surface area (Å²) in [7, 11) is 0. The monoisotopic (exact) mass is 384 g/mol. The first-order chi connectivity index (χ1) is 13.5. The highest BCUT2D eigenvalue weighted by Crippen LogP contribution is 2.28. The molecule has 0 aliphatic rings.